The maximum absolute atomic E-state index is 12.5. The number of hydrogen-bond acceptors (Lipinski definition) is 7. The van der Waals surface area contributed by atoms with E-state index in [0.29, 0.717) is 18.8 Å². The topological polar surface area (TPSA) is 85.7 Å². The number of aromatic hydroxyl groups is 1. The van der Waals surface area contributed by atoms with Gasteiger partial charge in [0.1, 0.15) is 5.75 Å². The number of aromatic nitrogens is 3. The van der Waals surface area contributed by atoms with Crippen molar-refractivity contribution in [3.63, 3.8) is 0 Å². The van der Waals surface area contributed by atoms with Gasteiger partial charge in [-0.2, -0.15) is 0 Å². The molecule has 8 nitrogen and oxygen atoms in total. The first-order valence-corrected chi connectivity index (χ1v) is 12.8. The summed E-state index contributed by atoms with van der Waals surface area (Å²) in [6.07, 6.45) is 3.24. The second-order valence-electron chi connectivity index (χ2n) is 9.27. The summed E-state index contributed by atoms with van der Waals surface area (Å²) in [7, 11) is 0. The van der Waals surface area contributed by atoms with Crippen molar-refractivity contribution in [2.75, 3.05) is 44.2 Å². The van der Waals surface area contributed by atoms with Crippen LogP contribution in [0, 0.1) is 0 Å². The van der Waals surface area contributed by atoms with E-state index in [1.165, 1.54) is 17.1 Å². The van der Waals surface area contributed by atoms with Crippen molar-refractivity contribution < 1.29 is 9.90 Å². The van der Waals surface area contributed by atoms with E-state index in [1.807, 2.05) is 26.0 Å². The van der Waals surface area contributed by atoms with Gasteiger partial charge in [0.15, 0.2) is 11.5 Å². The van der Waals surface area contributed by atoms with Gasteiger partial charge in [-0.25, -0.2) is 0 Å². The van der Waals surface area contributed by atoms with E-state index in [4.69, 9.17) is 0 Å². The summed E-state index contributed by atoms with van der Waals surface area (Å²) in [5.74, 6) is 0.899. The van der Waals surface area contributed by atoms with E-state index in [-0.39, 0.29) is 11.7 Å². The van der Waals surface area contributed by atoms with Crippen LogP contribution in [0.4, 0.5) is 5.82 Å². The predicted octanol–water partition coefficient (Wildman–Crippen LogP) is 4.20. The molecule has 0 radical (unpaired) electrons. The van der Waals surface area contributed by atoms with Crippen molar-refractivity contribution in [2.45, 2.75) is 20.4 Å². The average molecular weight is 497 g/mol. The number of carbonyl (C=O) groups is 1. The third-order valence-electron chi connectivity index (χ3n) is 7.06. The Bertz CT molecular complexity index is 1380. The third-order valence-corrected chi connectivity index (χ3v) is 7.06. The lowest BCUT2D eigenvalue weighted by Crippen LogP contribution is -2.46. The van der Waals surface area contributed by atoms with Crippen molar-refractivity contribution in [3.05, 3.63) is 78.2 Å². The standard InChI is InChI=1S/C29H32N6O2/c1-3-34(4-2)29(37)27-11-12-28(32-31-27)35-15-13-33(14-16-35)20-21-9-10-25(22-17-23(36)19-30-18-22)26-8-6-5-7-24(21)26/h5-12,17-19,36H,3-4,13-16,20H2,1-2H3. The Kier molecular flexibility index (Phi) is 7.28. The minimum atomic E-state index is -0.0764. The van der Waals surface area contributed by atoms with Crippen LogP contribution in [-0.2, 0) is 6.54 Å². The Labute approximate surface area is 217 Å². The number of hydrogen-bond donors (Lipinski definition) is 1. The zero-order valence-corrected chi connectivity index (χ0v) is 21.3. The molecule has 37 heavy (non-hydrogen) atoms. The summed E-state index contributed by atoms with van der Waals surface area (Å²) < 4.78 is 0. The van der Waals surface area contributed by atoms with Gasteiger partial charge < -0.3 is 14.9 Å². The van der Waals surface area contributed by atoms with Gasteiger partial charge in [0.25, 0.3) is 5.91 Å². The van der Waals surface area contributed by atoms with Crippen molar-refractivity contribution >= 4 is 22.5 Å². The highest BCUT2D eigenvalue weighted by Gasteiger charge is 2.21. The normalized spacial score (nSPS) is 14.2. The molecule has 0 unspecified atom stereocenters. The van der Waals surface area contributed by atoms with Gasteiger partial charge in [0.2, 0.25) is 0 Å². The Morgan fingerprint density at radius 2 is 1.68 bits per heavy atom. The lowest BCUT2D eigenvalue weighted by molar-refractivity contribution is 0.0766. The Hall–Kier alpha value is -4.04. The second kappa shape index (κ2) is 10.9. The first kappa shape index (κ1) is 24.6. The molecule has 3 heterocycles. The number of fused-ring (bicyclic) bond motifs is 1. The van der Waals surface area contributed by atoms with Crippen LogP contribution in [0.25, 0.3) is 21.9 Å². The quantitative estimate of drug-likeness (QED) is 0.410. The van der Waals surface area contributed by atoms with Crippen LogP contribution >= 0.6 is 0 Å². The molecule has 2 aromatic carbocycles. The molecular weight excluding hydrogens is 464 g/mol. The molecule has 0 aliphatic carbocycles. The molecule has 8 heteroatoms. The average Bonchev–Trinajstić information content (AvgIpc) is 2.94. The van der Waals surface area contributed by atoms with E-state index < -0.39 is 0 Å². The molecule has 0 saturated carbocycles. The SMILES string of the molecule is CCN(CC)C(=O)c1ccc(N2CCN(Cc3ccc(-c4cncc(O)c4)c4ccccc34)CC2)nn1. The van der Waals surface area contributed by atoms with E-state index in [9.17, 15) is 9.90 Å². The molecule has 4 aromatic rings. The van der Waals surface area contributed by atoms with Crippen LogP contribution in [0.3, 0.4) is 0 Å². The number of piperazine rings is 1. The number of anilines is 1. The molecule has 190 valence electrons. The van der Waals surface area contributed by atoms with Crippen LogP contribution in [0.15, 0.2) is 67.0 Å². The van der Waals surface area contributed by atoms with Gasteiger partial charge in [0, 0.05) is 57.6 Å². The van der Waals surface area contributed by atoms with Gasteiger partial charge in [-0.3, -0.25) is 14.7 Å². The highest BCUT2D eigenvalue weighted by molar-refractivity contribution is 5.98. The number of nitrogens with zero attached hydrogens (tertiary/aromatic N) is 6. The fourth-order valence-electron chi connectivity index (χ4n) is 4.98. The number of rotatable bonds is 7. The molecule has 1 aliphatic rings. The first-order chi connectivity index (χ1) is 18.1. The number of amides is 1. The van der Waals surface area contributed by atoms with Crippen LogP contribution < -0.4 is 4.90 Å². The third kappa shape index (κ3) is 5.24. The molecule has 0 spiro atoms. The van der Waals surface area contributed by atoms with E-state index in [2.05, 4.69) is 55.3 Å². The zero-order valence-electron chi connectivity index (χ0n) is 21.3. The molecule has 0 atom stereocenters. The molecule has 1 saturated heterocycles. The van der Waals surface area contributed by atoms with E-state index >= 15 is 0 Å². The molecule has 2 aromatic heterocycles. The summed E-state index contributed by atoms with van der Waals surface area (Å²) in [6, 6.07) is 18.2. The van der Waals surface area contributed by atoms with Crippen molar-refractivity contribution in [1.82, 2.24) is 25.0 Å². The molecule has 1 fully saturated rings. The van der Waals surface area contributed by atoms with E-state index in [0.717, 1.165) is 55.1 Å². The molecule has 5 rings (SSSR count). The highest BCUT2D eigenvalue weighted by atomic mass is 16.3. The summed E-state index contributed by atoms with van der Waals surface area (Å²) in [5, 5.41) is 20.8. The smallest absolute Gasteiger partial charge is 0.274 e. The highest BCUT2D eigenvalue weighted by Crippen LogP contribution is 2.32. The van der Waals surface area contributed by atoms with Gasteiger partial charge in [-0.1, -0.05) is 36.4 Å². The van der Waals surface area contributed by atoms with Crippen LogP contribution in [0.1, 0.15) is 29.9 Å². The summed E-state index contributed by atoms with van der Waals surface area (Å²) in [4.78, 5) is 23.1. The molecule has 0 bridgehead atoms. The van der Waals surface area contributed by atoms with Gasteiger partial charge in [-0.05, 0) is 53.9 Å². The summed E-state index contributed by atoms with van der Waals surface area (Å²) in [5.41, 5.74) is 3.64. The number of pyridine rings is 1. The Morgan fingerprint density at radius 3 is 2.35 bits per heavy atom. The van der Waals surface area contributed by atoms with Crippen LogP contribution in [0.2, 0.25) is 0 Å². The Balaban J connectivity index is 1.26. The zero-order chi connectivity index (χ0) is 25.8. The maximum Gasteiger partial charge on any atom is 0.274 e. The molecular formula is C29H32N6O2. The predicted molar refractivity (Wildman–Crippen MR) is 146 cm³/mol. The van der Waals surface area contributed by atoms with Crippen molar-refractivity contribution in [2.24, 2.45) is 0 Å². The first-order valence-electron chi connectivity index (χ1n) is 12.8. The number of benzene rings is 2. The fourth-order valence-corrected chi connectivity index (χ4v) is 4.98. The minimum Gasteiger partial charge on any atom is -0.506 e. The van der Waals surface area contributed by atoms with Crippen LogP contribution in [-0.4, -0.2) is 75.3 Å². The molecule has 1 amide bonds. The maximum atomic E-state index is 12.5. The second-order valence-corrected chi connectivity index (χ2v) is 9.27. The number of carbonyl (C=O) groups excluding carboxylic acids is 1. The van der Waals surface area contributed by atoms with Crippen molar-refractivity contribution in [1.29, 1.82) is 0 Å². The minimum absolute atomic E-state index is 0.0764. The van der Waals surface area contributed by atoms with Gasteiger partial charge >= 0.3 is 0 Å². The fraction of sp³-hybridized carbons (Fsp3) is 0.310. The van der Waals surface area contributed by atoms with Crippen molar-refractivity contribution in [3.8, 4) is 16.9 Å². The summed E-state index contributed by atoms with van der Waals surface area (Å²) >= 11 is 0. The Morgan fingerprint density at radius 1 is 0.919 bits per heavy atom. The lowest BCUT2D eigenvalue weighted by atomic mass is 9.95. The monoisotopic (exact) mass is 496 g/mol. The molecule has 1 aliphatic heterocycles. The van der Waals surface area contributed by atoms with Gasteiger partial charge in [0.05, 0.1) is 6.20 Å². The summed E-state index contributed by atoms with van der Waals surface area (Å²) in [6.45, 7) is 9.63. The lowest BCUT2D eigenvalue weighted by Gasteiger charge is -2.35. The van der Waals surface area contributed by atoms with Gasteiger partial charge in [-0.15, -0.1) is 10.2 Å². The largest absolute Gasteiger partial charge is 0.506 e. The van der Waals surface area contributed by atoms with E-state index in [1.54, 1.807) is 23.2 Å². The van der Waals surface area contributed by atoms with Crippen LogP contribution in [0.5, 0.6) is 5.75 Å². The molecule has 1 N–H and O–H groups in total.